The number of piperidine rings is 1. The van der Waals surface area contributed by atoms with Crippen molar-refractivity contribution >= 4 is 11.6 Å². The Morgan fingerprint density at radius 3 is 2.88 bits per heavy atom. The van der Waals surface area contributed by atoms with Crippen LogP contribution in [-0.4, -0.2) is 43.5 Å². The fourth-order valence-electron chi connectivity index (χ4n) is 3.49. The van der Waals surface area contributed by atoms with Crippen LogP contribution in [0, 0.1) is 12.7 Å². The number of anilines is 1. The minimum Gasteiger partial charge on any atom is -0.369 e. The van der Waals surface area contributed by atoms with E-state index in [0.29, 0.717) is 6.54 Å². The van der Waals surface area contributed by atoms with Gasteiger partial charge in [0.2, 0.25) is 5.91 Å². The van der Waals surface area contributed by atoms with Crippen molar-refractivity contribution < 1.29 is 18.0 Å². The van der Waals surface area contributed by atoms with E-state index >= 15 is 0 Å². The van der Waals surface area contributed by atoms with E-state index in [4.69, 9.17) is 0 Å². The molecule has 2 aliphatic rings. The summed E-state index contributed by atoms with van der Waals surface area (Å²) in [7, 11) is 0. The summed E-state index contributed by atoms with van der Waals surface area (Å²) in [6.07, 6.45) is 1.24. The van der Waals surface area contributed by atoms with Gasteiger partial charge in [0, 0.05) is 31.2 Å². The molecule has 2 N–H and O–H groups in total. The number of aryl methyl sites for hydroxylation is 1. The molecule has 7 heteroatoms. The van der Waals surface area contributed by atoms with Crippen molar-refractivity contribution in [1.82, 2.24) is 10.6 Å². The monoisotopic (exact) mass is 341 g/mol. The zero-order valence-corrected chi connectivity index (χ0v) is 13.6. The molecule has 1 amide bonds. The van der Waals surface area contributed by atoms with E-state index in [1.54, 1.807) is 6.07 Å². The molecule has 0 aliphatic carbocycles. The number of alkyl halides is 2. The van der Waals surface area contributed by atoms with Gasteiger partial charge in [0.15, 0.2) is 0 Å². The van der Waals surface area contributed by atoms with E-state index in [-0.39, 0.29) is 17.8 Å². The highest BCUT2D eigenvalue weighted by atomic mass is 19.3. The Morgan fingerprint density at radius 1 is 1.42 bits per heavy atom. The zero-order valence-electron chi connectivity index (χ0n) is 13.6. The lowest BCUT2D eigenvalue weighted by atomic mass is 10.0. The number of hydrogen-bond acceptors (Lipinski definition) is 3. The molecule has 0 bridgehead atoms. The molecule has 2 heterocycles. The van der Waals surface area contributed by atoms with Gasteiger partial charge in [0.1, 0.15) is 5.82 Å². The van der Waals surface area contributed by atoms with Crippen molar-refractivity contribution in [3.63, 3.8) is 0 Å². The molecule has 1 aromatic rings. The molecule has 1 aromatic carbocycles. The number of halogens is 3. The predicted octanol–water partition coefficient (Wildman–Crippen LogP) is 2.22. The molecule has 0 radical (unpaired) electrons. The molecule has 2 atom stereocenters. The van der Waals surface area contributed by atoms with Crippen LogP contribution in [0.25, 0.3) is 0 Å². The SMILES string of the molecule is Cc1cc(F)ccc1N1CCCC(NC(=O)C2CC(F)(F)CN2)C1. The van der Waals surface area contributed by atoms with Gasteiger partial charge in [-0.1, -0.05) is 0 Å². The Morgan fingerprint density at radius 2 is 2.21 bits per heavy atom. The standard InChI is InChI=1S/C17H22F3N3O/c1-11-7-12(18)4-5-15(11)23-6-2-3-13(9-23)22-16(24)14-8-17(19,20)10-21-14/h4-5,7,13-14,21H,2-3,6,8-10H2,1H3,(H,22,24). The third-order valence-corrected chi connectivity index (χ3v) is 4.69. The molecule has 0 aromatic heterocycles. The zero-order chi connectivity index (χ0) is 17.3. The van der Waals surface area contributed by atoms with Gasteiger partial charge in [-0.25, -0.2) is 13.2 Å². The van der Waals surface area contributed by atoms with Crippen LogP contribution in [0.3, 0.4) is 0 Å². The Hall–Kier alpha value is -1.76. The van der Waals surface area contributed by atoms with Crippen molar-refractivity contribution in [3.8, 4) is 0 Å². The van der Waals surface area contributed by atoms with Crippen LogP contribution < -0.4 is 15.5 Å². The van der Waals surface area contributed by atoms with Gasteiger partial charge >= 0.3 is 0 Å². The van der Waals surface area contributed by atoms with Gasteiger partial charge < -0.3 is 10.2 Å². The van der Waals surface area contributed by atoms with Crippen LogP contribution in [0.15, 0.2) is 18.2 Å². The number of amides is 1. The number of nitrogens with one attached hydrogen (secondary N) is 2. The predicted molar refractivity (Wildman–Crippen MR) is 85.9 cm³/mol. The van der Waals surface area contributed by atoms with Gasteiger partial charge in [-0.3, -0.25) is 10.1 Å². The molecule has 132 valence electrons. The van der Waals surface area contributed by atoms with E-state index in [9.17, 15) is 18.0 Å². The molecular formula is C17H22F3N3O. The van der Waals surface area contributed by atoms with E-state index in [1.165, 1.54) is 12.1 Å². The fraction of sp³-hybridized carbons (Fsp3) is 0.588. The maximum absolute atomic E-state index is 13.3. The first-order chi connectivity index (χ1) is 11.3. The third kappa shape index (κ3) is 3.83. The minimum atomic E-state index is -2.81. The topological polar surface area (TPSA) is 44.4 Å². The highest BCUT2D eigenvalue weighted by molar-refractivity contribution is 5.82. The molecule has 2 saturated heterocycles. The molecular weight excluding hydrogens is 319 g/mol. The molecule has 0 spiro atoms. The van der Waals surface area contributed by atoms with Crippen molar-refractivity contribution in [1.29, 1.82) is 0 Å². The van der Waals surface area contributed by atoms with Crippen molar-refractivity contribution in [2.24, 2.45) is 0 Å². The number of hydrogen-bond donors (Lipinski definition) is 2. The summed E-state index contributed by atoms with van der Waals surface area (Å²) in [5, 5.41) is 5.46. The van der Waals surface area contributed by atoms with Gasteiger partial charge in [-0.15, -0.1) is 0 Å². The lowest BCUT2D eigenvalue weighted by molar-refractivity contribution is -0.124. The normalized spacial score (nSPS) is 26.4. The largest absolute Gasteiger partial charge is 0.369 e. The number of carbonyl (C=O) groups excluding carboxylic acids is 1. The average molecular weight is 341 g/mol. The molecule has 24 heavy (non-hydrogen) atoms. The Labute approximate surface area is 139 Å². The van der Waals surface area contributed by atoms with Crippen molar-refractivity contribution in [3.05, 3.63) is 29.6 Å². The lowest BCUT2D eigenvalue weighted by Crippen LogP contribution is -2.52. The summed E-state index contributed by atoms with van der Waals surface area (Å²) in [4.78, 5) is 14.3. The second-order valence-corrected chi connectivity index (χ2v) is 6.72. The highest BCUT2D eigenvalue weighted by Gasteiger charge is 2.42. The van der Waals surface area contributed by atoms with Gasteiger partial charge in [0.25, 0.3) is 5.92 Å². The van der Waals surface area contributed by atoms with Crippen LogP contribution in [0.5, 0.6) is 0 Å². The summed E-state index contributed by atoms with van der Waals surface area (Å²) in [6, 6.07) is 3.74. The average Bonchev–Trinajstić information content (AvgIpc) is 2.88. The highest BCUT2D eigenvalue weighted by Crippen LogP contribution is 2.26. The Bertz CT molecular complexity index is 623. The first-order valence-corrected chi connectivity index (χ1v) is 8.27. The molecule has 2 unspecified atom stereocenters. The molecule has 2 aliphatic heterocycles. The maximum atomic E-state index is 13.3. The number of carbonyl (C=O) groups is 1. The van der Waals surface area contributed by atoms with E-state index < -0.39 is 24.9 Å². The van der Waals surface area contributed by atoms with Gasteiger partial charge in [-0.2, -0.15) is 0 Å². The van der Waals surface area contributed by atoms with Crippen LogP contribution in [0.2, 0.25) is 0 Å². The van der Waals surface area contributed by atoms with Crippen molar-refractivity contribution in [2.75, 3.05) is 24.5 Å². The minimum absolute atomic E-state index is 0.0910. The molecule has 0 saturated carbocycles. The Balaban J connectivity index is 1.60. The van der Waals surface area contributed by atoms with E-state index in [0.717, 1.165) is 30.6 Å². The van der Waals surface area contributed by atoms with Gasteiger partial charge in [0.05, 0.1) is 12.6 Å². The fourth-order valence-corrected chi connectivity index (χ4v) is 3.49. The third-order valence-electron chi connectivity index (χ3n) is 4.69. The summed E-state index contributed by atoms with van der Waals surface area (Å²) in [5.74, 6) is -3.45. The summed E-state index contributed by atoms with van der Waals surface area (Å²) in [5.41, 5.74) is 1.79. The number of nitrogens with zero attached hydrogens (tertiary/aromatic N) is 1. The second-order valence-electron chi connectivity index (χ2n) is 6.72. The van der Waals surface area contributed by atoms with Crippen LogP contribution in [0.4, 0.5) is 18.9 Å². The summed E-state index contributed by atoms with van der Waals surface area (Å²) >= 11 is 0. The Kier molecular flexibility index (Phi) is 4.71. The van der Waals surface area contributed by atoms with Gasteiger partial charge in [-0.05, 0) is 43.5 Å². The summed E-state index contributed by atoms with van der Waals surface area (Å²) in [6.45, 7) is 2.84. The molecule has 4 nitrogen and oxygen atoms in total. The van der Waals surface area contributed by atoms with E-state index in [1.807, 2.05) is 6.92 Å². The number of rotatable bonds is 3. The lowest BCUT2D eigenvalue weighted by Gasteiger charge is -2.36. The first kappa shape index (κ1) is 17.1. The van der Waals surface area contributed by atoms with E-state index in [2.05, 4.69) is 15.5 Å². The molecule has 2 fully saturated rings. The maximum Gasteiger partial charge on any atom is 0.262 e. The van der Waals surface area contributed by atoms with Crippen LogP contribution >= 0.6 is 0 Å². The van der Waals surface area contributed by atoms with Crippen LogP contribution in [-0.2, 0) is 4.79 Å². The first-order valence-electron chi connectivity index (χ1n) is 8.27. The number of benzene rings is 1. The summed E-state index contributed by atoms with van der Waals surface area (Å²) < 4.78 is 39.7. The van der Waals surface area contributed by atoms with Crippen LogP contribution in [0.1, 0.15) is 24.8 Å². The van der Waals surface area contributed by atoms with Crippen molar-refractivity contribution in [2.45, 2.75) is 44.2 Å². The smallest absolute Gasteiger partial charge is 0.262 e. The molecule has 3 rings (SSSR count). The second kappa shape index (κ2) is 6.63. The quantitative estimate of drug-likeness (QED) is 0.886.